The highest BCUT2D eigenvalue weighted by Crippen LogP contribution is 2.29. The molecule has 0 aliphatic carbocycles. The van der Waals surface area contributed by atoms with Gasteiger partial charge in [0.2, 0.25) is 0 Å². The van der Waals surface area contributed by atoms with Gasteiger partial charge in [-0.2, -0.15) is 0 Å². The van der Waals surface area contributed by atoms with Gasteiger partial charge in [-0.1, -0.05) is 18.2 Å². The van der Waals surface area contributed by atoms with Crippen LogP contribution in [0.2, 0.25) is 0 Å². The number of rotatable bonds is 14. The maximum Gasteiger partial charge on any atom is 0.303 e. The van der Waals surface area contributed by atoms with E-state index >= 15 is 0 Å². The Hall–Kier alpha value is -3.05. The molecule has 10 heteroatoms. The molecular weight excluding hydrogens is 494 g/mol. The topological polar surface area (TPSA) is 112 Å². The Morgan fingerprint density at radius 3 is 2.29 bits per heavy atom. The standard InChI is InChI=1S/C28H37NO9/c1-19(30)36-26-25(33-4)24(18-32-3)38-28(27(26)37-20(2)31)34-16-8-6-9-21-11-13-23(14-12-21)35-17-22-10-5-7-15-29-22/h5,7,10-15,24-28H,6,8-9,16-18H2,1-4H3. The van der Waals surface area contributed by atoms with E-state index in [1.54, 1.807) is 6.20 Å². The van der Waals surface area contributed by atoms with Crippen molar-refractivity contribution in [1.82, 2.24) is 4.98 Å². The van der Waals surface area contributed by atoms with E-state index in [1.165, 1.54) is 33.6 Å². The number of esters is 2. The average Bonchev–Trinajstić information content (AvgIpc) is 2.90. The van der Waals surface area contributed by atoms with Crippen LogP contribution in [0.15, 0.2) is 48.7 Å². The second-order valence-corrected chi connectivity index (χ2v) is 8.93. The van der Waals surface area contributed by atoms with Crippen molar-refractivity contribution >= 4 is 11.9 Å². The van der Waals surface area contributed by atoms with Gasteiger partial charge in [-0.25, -0.2) is 0 Å². The van der Waals surface area contributed by atoms with Crippen molar-refractivity contribution in [1.29, 1.82) is 0 Å². The van der Waals surface area contributed by atoms with Crippen LogP contribution in [0.3, 0.4) is 0 Å². The summed E-state index contributed by atoms with van der Waals surface area (Å²) in [7, 11) is 3.00. The summed E-state index contributed by atoms with van der Waals surface area (Å²) in [5, 5.41) is 0. The molecule has 1 aromatic carbocycles. The minimum Gasteiger partial charge on any atom is -0.487 e. The number of aromatic nitrogens is 1. The molecule has 1 aliphatic rings. The number of hydrogen-bond acceptors (Lipinski definition) is 10. The van der Waals surface area contributed by atoms with E-state index in [0.717, 1.165) is 30.7 Å². The SMILES string of the molecule is COCC1OC(OCCCCc2ccc(OCc3ccccn3)cc2)C(OC(C)=O)C(OC(C)=O)C1OC. The van der Waals surface area contributed by atoms with Crippen LogP contribution in [0.25, 0.3) is 0 Å². The molecule has 0 amide bonds. The van der Waals surface area contributed by atoms with E-state index in [2.05, 4.69) is 4.98 Å². The second kappa shape index (κ2) is 15.4. The smallest absolute Gasteiger partial charge is 0.303 e. The van der Waals surface area contributed by atoms with Crippen molar-refractivity contribution < 1.29 is 42.7 Å². The lowest BCUT2D eigenvalue weighted by Gasteiger charge is -2.44. The Balaban J connectivity index is 1.50. The second-order valence-electron chi connectivity index (χ2n) is 8.93. The predicted octanol–water partition coefficient (Wildman–Crippen LogP) is 3.25. The first-order chi connectivity index (χ1) is 18.4. The molecule has 0 spiro atoms. The normalized spacial score (nSPS) is 23.0. The third kappa shape index (κ3) is 9.05. The first kappa shape index (κ1) is 29.5. The quantitative estimate of drug-likeness (QED) is 0.266. The predicted molar refractivity (Wildman–Crippen MR) is 136 cm³/mol. The number of carbonyl (C=O) groups is 2. The van der Waals surface area contributed by atoms with Gasteiger partial charge in [-0.3, -0.25) is 14.6 Å². The number of benzene rings is 1. The van der Waals surface area contributed by atoms with Gasteiger partial charge in [0.1, 0.15) is 24.6 Å². The monoisotopic (exact) mass is 531 g/mol. The molecule has 208 valence electrons. The number of unbranched alkanes of at least 4 members (excludes halogenated alkanes) is 1. The van der Waals surface area contributed by atoms with Crippen LogP contribution in [0, 0.1) is 0 Å². The summed E-state index contributed by atoms with van der Waals surface area (Å²) in [4.78, 5) is 27.9. The van der Waals surface area contributed by atoms with Gasteiger partial charge in [0.15, 0.2) is 18.5 Å². The van der Waals surface area contributed by atoms with Crippen molar-refractivity contribution in [3.63, 3.8) is 0 Å². The van der Waals surface area contributed by atoms with Crippen molar-refractivity contribution in [2.75, 3.05) is 27.4 Å². The summed E-state index contributed by atoms with van der Waals surface area (Å²) in [6.45, 7) is 3.53. The van der Waals surface area contributed by atoms with Gasteiger partial charge < -0.3 is 33.2 Å². The summed E-state index contributed by atoms with van der Waals surface area (Å²) >= 11 is 0. The zero-order valence-electron chi connectivity index (χ0n) is 22.4. The molecule has 5 atom stereocenters. The maximum absolute atomic E-state index is 11.8. The number of methoxy groups -OCH3 is 2. The molecule has 5 unspecified atom stereocenters. The molecule has 0 radical (unpaired) electrons. The lowest BCUT2D eigenvalue weighted by Crippen LogP contribution is -2.62. The van der Waals surface area contributed by atoms with Gasteiger partial charge >= 0.3 is 11.9 Å². The van der Waals surface area contributed by atoms with Crippen LogP contribution >= 0.6 is 0 Å². The van der Waals surface area contributed by atoms with Crippen LogP contribution in [0.5, 0.6) is 5.75 Å². The van der Waals surface area contributed by atoms with Gasteiger partial charge in [-0.05, 0) is 49.1 Å². The molecule has 10 nitrogen and oxygen atoms in total. The molecular formula is C28H37NO9. The molecule has 3 rings (SSSR count). The number of aryl methyl sites for hydroxylation is 1. The van der Waals surface area contributed by atoms with Crippen molar-refractivity contribution in [2.24, 2.45) is 0 Å². The first-order valence-electron chi connectivity index (χ1n) is 12.7. The Morgan fingerprint density at radius 1 is 0.921 bits per heavy atom. The maximum atomic E-state index is 11.8. The lowest BCUT2D eigenvalue weighted by molar-refractivity contribution is -0.309. The van der Waals surface area contributed by atoms with Crippen molar-refractivity contribution in [2.45, 2.75) is 70.4 Å². The number of ether oxygens (including phenoxy) is 7. The summed E-state index contributed by atoms with van der Waals surface area (Å²) in [5.74, 6) is -0.285. The van der Waals surface area contributed by atoms with Crippen LogP contribution in [-0.2, 0) is 51.0 Å². The van der Waals surface area contributed by atoms with E-state index in [1.807, 2.05) is 42.5 Å². The lowest BCUT2D eigenvalue weighted by atomic mass is 9.98. The third-order valence-corrected chi connectivity index (χ3v) is 5.98. The van der Waals surface area contributed by atoms with Gasteiger partial charge in [-0.15, -0.1) is 0 Å². The highest BCUT2D eigenvalue weighted by molar-refractivity contribution is 5.67. The molecule has 1 fully saturated rings. The fourth-order valence-electron chi connectivity index (χ4n) is 4.26. The van der Waals surface area contributed by atoms with Crippen LogP contribution in [0.4, 0.5) is 0 Å². The van der Waals surface area contributed by atoms with E-state index in [0.29, 0.717) is 13.2 Å². The van der Waals surface area contributed by atoms with Crippen LogP contribution < -0.4 is 4.74 Å². The summed E-state index contributed by atoms with van der Waals surface area (Å²) in [6, 6.07) is 13.7. The van der Waals surface area contributed by atoms with Crippen LogP contribution in [0.1, 0.15) is 37.9 Å². The minimum atomic E-state index is -0.979. The van der Waals surface area contributed by atoms with E-state index in [4.69, 9.17) is 33.2 Å². The summed E-state index contributed by atoms with van der Waals surface area (Å²) in [5.41, 5.74) is 2.06. The first-order valence-corrected chi connectivity index (χ1v) is 12.7. The third-order valence-electron chi connectivity index (χ3n) is 5.98. The zero-order valence-corrected chi connectivity index (χ0v) is 22.4. The number of pyridine rings is 1. The van der Waals surface area contributed by atoms with Crippen molar-refractivity contribution in [3.8, 4) is 5.75 Å². The molecule has 0 bridgehead atoms. The number of hydrogen-bond donors (Lipinski definition) is 0. The molecule has 0 N–H and O–H groups in total. The minimum absolute atomic E-state index is 0.185. The Bertz CT molecular complexity index is 986. The molecule has 2 heterocycles. The molecule has 2 aromatic rings. The molecule has 1 saturated heterocycles. The van der Waals surface area contributed by atoms with Crippen LogP contribution in [-0.4, -0.2) is 75.1 Å². The van der Waals surface area contributed by atoms with Crippen molar-refractivity contribution in [3.05, 3.63) is 59.9 Å². The molecule has 0 saturated carbocycles. The fourth-order valence-corrected chi connectivity index (χ4v) is 4.26. The molecule has 1 aliphatic heterocycles. The fraction of sp³-hybridized carbons (Fsp3) is 0.536. The van der Waals surface area contributed by atoms with E-state index in [9.17, 15) is 9.59 Å². The van der Waals surface area contributed by atoms with Gasteiger partial charge in [0, 0.05) is 40.9 Å². The van der Waals surface area contributed by atoms with Gasteiger partial charge in [0.05, 0.1) is 12.3 Å². The van der Waals surface area contributed by atoms with E-state index < -0.39 is 42.6 Å². The number of carbonyl (C=O) groups excluding carboxylic acids is 2. The zero-order chi connectivity index (χ0) is 27.3. The Kier molecular flexibility index (Phi) is 11.9. The highest BCUT2D eigenvalue weighted by Gasteiger charge is 2.50. The Morgan fingerprint density at radius 2 is 1.66 bits per heavy atom. The Labute approximate surface area is 223 Å². The molecule has 1 aromatic heterocycles. The molecule has 38 heavy (non-hydrogen) atoms. The van der Waals surface area contributed by atoms with E-state index in [-0.39, 0.29) is 6.61 Å². The highest BCUT2D eigenvalue weighted by atomic mass is 16.7. The van der Waals surface area contributed by atoms with Gasteiger partial charge in [0.25, 0.3) is 0 Å². The summed E-state index contributed by atoms with van der Waals surface area (Å²) in [6.07, 6.45) is 0.118. The number of nitrogens with zero attached hydrogens (tertiary/aromatic N) is 1. The largest absolute Gasteiger partial charge is 0.487 e. The summed E-state index contributed by atoms with van der Waals surface area (Å²) < 4.78 is 39.5. The average molecular weight is 532 g/mol.